The molecule has 0 unspecified atom stereocenters. The minimum Gasteiger partial charge on any atom is -0.452 e. The molecule has 2 heterocycles. The molecular weight excluding hydrogens is 434 g/mol. The van der Waals surface area contributed by atoms with Crippen LogP contribution in [0.4, 0.5) is 21.0 Å². The monoisotopic (exact) mass is 465 g/mol. The van der Waals surface area contributed by atoms with E-state index in [1.54, 1.807) is 23.6 Å². The molecule has 1 atom stereocenters. The number of nitrogens with zero attached hydrogens (tertiary/aromatic N) is 3. The van der Waals surface area contributed by atoms with Crippen molar-refractivity contribution >= 4 is 29.5 Å². The van der Waals surface area contributed by atoms with Crippen LogP contribution in [0.25, 0.3) is 11.1 Å². The van der Waals surface area contributed by atoms with E-state index in [9.17, 15) is 14.4 Å². The van der Waals surface area contributed by atoms with E-state index in [0.717, 1.165) is 37.1 Å². The van der Waals surface area contributed by atoms with Crippen LogP contribution >= 0.6 is 0 Å². The molecule has 0 aromatic heterocycles. The number of anilines is 2. The Balaban J connectivity index is 1.68. The lowest BCUT2D eigenvalue weighted by molar-refractivity contribution is 0.0792. The van der Waals surface area contributed by atoms with Crippen LogP contribution in [-0.4, -0.2) is 61.9 Å². The first-order valence-electron chi connectivity index (χ1n) is 11.7. The van der Waals surface area contributed by atoms with Crippen LogP contribution in [0.3, 0.4) is 0 Å². The van der Waals surface area contributed by atoms with Gasteiger partial charge in [-0.2, -0.15) is 0 Å². The van der Waals surface area contributed by atoms with Crippen molar-refractivity contribution in [2.24, 2.45) is 0 Å². The minimum atomic E-state index is -0.483. The van der Waals surface area contributed by atoms with Crippen LogP contribution in [0.5, 0.6) is 0 Å². The molecule has 2 aromatic rings. The summed E-state index contributed by atoms with van der Waals surface area (Å²) in [5.41, 5.74) is 3.58. The molecule has 4 rings (SSSR count). The molecule has 0 saturated carbocycles. The number of hydrogen-bond acceptors (Lipinski definition) is 5. The molecule has 8 nitrogen and oxygen atoms in total. The number of rotatable bonds is 3. The largest absolute Gasteiger partial charge is 0.452 e. The van der Waals surface area contributed by atoms with E-state index < -0.39 is 12.2 Å². The molecule has 2 aromatic carbocycles. The molecule has 1 fully saturated rings. The highest BCUT2D eigenvalue weighted by atomic mass is 16.6. The summed E-state index contributed by atoms with van der Waals surface area (Å²) in [5.74, 6) is 0.0554. The van der Waals surface area contributed by atoms with Crippen molar-refractivity contribution in [3.05, 3.63) is 48.0 Å². The standard InChI is InChI=1S/C26H31N3O5/c1-17(2)34-25(31)28-16-18(3)29(26(32)33-4)22-12-11-21(15-23(22)28)19-7-9-20(10-8-19)24(30)27-13-5-6-14-27/h7-12,15,17-18H,5-6,13-14,16H2,1-4H3/t18-/m0/s1. The number of carbonyl (C=O) groups excluding carboxylic acids is 3. The molecule has 0 radical (unpaired) electrons. The average Bonchev–Trinajstić information content (AvgIpc) is 3.37. The number of likely N-dealkylation sites (tertiary alicyclic amines) is 1. The van der Waals surface area contributed by atoms with Gasteiger partial charge >= 0.3 is 12.2 Å². The number of carbonyl (C=O) groups is 3. The Labute approximate surface area is 200 Å². The van der Waals surface area contributed by atoms with Gasteiger partial charge in [0, 0.05) is 18.7 Å². The lowest BCUT2D eigenvalue weighted by Crippen LogP contribution is -2.52. The third-order valence-corrected chi connectivity index (χ3v) is 6.20. The molecule has 8 heteroatoms. The number of hydrogen-bond donors (Lipinski definition) is 0. The van der Waals surface area contributed by atoms with Gasteiger partial charge < -0.3 is 14.4 Å². The molecule has 180 valence electrons. The van der Waals surface area contributed by atoms with Crippen LogP contribution in [0, 0.1) is 0 Å². The Morgan fingerprint density at radius 3 is 2.18 bits per heavy atom. The third kappa shape index (κ3) is 4.58. The van der Waals surface area contributed by atoms with E-state index in [2.05, 4.69) is 0 Å². The molecule has 1 saturated heterocycles. The van der Waals surface area contributed by atoms with Gasteiger partial charge in [0.15, 0.2) is 0 Å². The van der Waals surface area contributed by atoms with Gasteiger partial charge in [0.1, 0.15) is 0 Å². The van der Waals surface area contributed by atoms with E-state index >= 15 is 0 Å². The third-order valence-electron chi connectivity index (χ3n) is 6.20. The summed E-state index contributed by atoms with van der Waals surface area (Å²) >= 11 is 0. The number of amides is 3. The zero-order chi connectivity index (χ0) is 24.4. The van der Waals surface area contributed by atoms with Gasteiger partial charge in [-0.05, 0) is 69.0 Å². The minimum absolute atomic E-state index is 0.0554. The summed E-state index contributed by atoms with van der Waals surface area (Å²) in [4.78, 5) is 43.0. The molecule has 3 amide bonds. The highest BCUT2D eigenvalue weighted by Gasteiger charge is 2.36. The molecule has 2 aliphatic heterocycles. The fourth-order valence-corrected chi connectivity index (χ4v) is 4.53. The fraction of sp³-hybridized carbons (Fsp3) is 0.423. The van der Waals surface area contributed by atoms with Gasteiger partial charge in [0.05, 0.1) is 37.2 Å². The van der Waals surface area contributed by atoms with Gasteiger partial charge in [0.25, 0.3) is 5.91 Å². The van der Waals surface area contributed by atoms with Crippen LogP contribution in [0.1, 0.15) is 44.0 Å². The van der Waals surface area contributed by atoms with Crippen LogP contribution in [-0.2, 0) is 9.47 Å². The van der Waals surface area contributed by atoms with Gasteiger partial charge in [-0.15, -0.1) is 0 Å². The molecule has 0 aliphatic carbocycles. The number of benzene rings is 2. The second kappa shape index (κ2) is 9.75. The zero-order valence-corrected chi connectivity index (χ0v) is 20.1. The van der Waals surface area contributed by atoms with Gasteiger partial charge in [-0.25, -0.2) is 9.59 Å². The fourth-order valence-electron chi connectivity index (χ4n) is 4.53. The van der Waals surface area contributed by atoms with Gasteiger partial charge in [-0.3, -0.25) is 14.6 Å². The summed E-state index contributed by atoms with van der Waals surface area (Å²) in [6.45, 7) is 7.36. The van der Waals surface area contributed by atoms with Crippen molar-refractivity contribution in [3.8, 4) is 11.1 Å². The van der Waals surface area contributed by atoms with E-state index in [1.807, 2.05) is 54.3 Å². The first-order valence-corrected chi connectivity index (χ1v) is 11.7. The average molecular weight is 466 g/mol. The quantitative estimate of drug-likeness (QED) is 0.643. The summed E-state index contributed by atoms with van der Waals surface area (Å²) in [7, 11) is 1.34. The Morgan fingerprint density at radius 2 is 1.56 bits per heavy atom. The maximum absolute atomic E-state index is 12.9. The highest BCUT2D eigenvalue weighted by molar-refractivity contribution is 6.02. The molecule has 2 aliphatic rings. The lowest BCUT2D eigenvalue weighted by atomic mass is 10.00. The summed E-state index contributed by atoms with van der Waals surface area (Å²) in [5, 5.41) is 0. The first-order chi connectivity index (χ1) is 16.3. The lowest BCUT2D eigenvalue weighted by Gasteiger charge is -2.40. The van der Waals surface area contributed by atoms with Crippen LogP contribution < -0.4 is 9.80 Å². The van der Waals surface area contributed by atoms with E-state index in [-0.39, 0.29) is 24.6 Å². The Bertz CT molecular complexity index is 1080. The SMILES string of the molecule is COC(=O)N1c2ccc(-c3ccc(C(=O)N4CCCC4)cc3)cc2N(C(=O)OC(C)C)C[C@@H]1C. The number of methoxy groups -OCH3 is 1. The van der Waals surface area contributed by atoms with Crippen LogP contribution in [0.15, 0.2) is 42.5 Å². The van der Waals surface area contributed by atoms with Crippen molar-refractivity contribution < 1.29 is 23.9 Å². The highest BCUT2D eigenvalue weighted by Crippen LogP contribution is 2.39. The summed E-state index contributed by atoms with van der Waals surface area (Å²) < 4.78 is 10.4. The van der Waals surface area contributed by atoms with Crippen molar-refractivity contribution in [1.29, 1.82) is 0 Å². The second-order valence-corrected chi connectivity index (χ2v) is 9.01. The summed E-state index contributed by atoms with van der Waals surface area (Å²) in [6.07, 6.45) is 0.888. The predicted molar refractivity (Wildman–Crippen MR) is 130 cm³/mol. The van der Waals surface area contributed by atoms with Crippen LogP contribution in [0.2, 0.25) is 0 Å². The normalized spacial score (nSPS) is 17.6. The molecule has 0 bridgehead atoms. The maximum Gasteiger partial charge on any atom is 0.414 e. The van der Waals surface area contributed by atoms with Crippen molar-refractivity contribution in [1.82, 2.24) is 4.90 Å². The van der Waals surface area contributed by atoms with E-state index in [4.69, 9.17) is 9.47 Å². The molecule has 34 heavy (non-hydrogen) atoms. The summed E-state index contributed by atoms with van der Waals surface area (Å²) in [6, 6.07) is 12.8. The predicted octanol–water partition coefficient (Wildman–Crippen LogP) is 4.92. The van der Waals surface area contributed by atoms with Crippen molar-refractivity contribution in [2.45, 2.75) is 45.8 Å². The maximum atomic E-state index is 12.9. The molecular formula is C26H31N3O5. The van der Waals surface area contributed by atoms with Crippen molar-refractivity contribution in [2.75, 3.05) is 36.5 Å². The van der Waals surface area contributed by atoms with Gasteiger partial charge in [-0.1, -0.05) is 18.2 Å². The molecule has 0 N–H and O–H groups in total. The van der Waals surface area contributed by atoms with Crippen molar-refractivity contribution in [3.63, 3.8) is 0 Å². The smallest absolute Gasteiger partial charge is 0.414 e. The Kier molecular flexibility index (Phi) is 6.77. The first kappa shape index (κ1) is 23.6. The van der Waals surface area contributed by atoms with Gasteiger partial charge in [0.2, 0.25) is 0 Å². The Hall–Kier alpha value is -3.55. The topological polar surface area (TPSA) is 79.4 Å². The van der Waals surface area contributed by atoms with E-state index in [1.165, 1.54) is 7.11 Å². The second-order valence-electron chi connectivity index (χ2n) is 9.01. The molecule has 0 spiro atoms. The Morgan fingerprint density at radius 1 is 0.912 bits per heavy atom. The zero-order valence-electron chi connectivity index (χ0n) is 20.1. The number of ether oxygens (including phenoxy) is 2. The van der Waals surface area contributed by atoms with E-state index in [0.29, 0.717) is 16.9 Å². The number of fused-ring (bicyclic) bond motifs is 1.